The summed E-state index contributed by atoms with van der Waals surface area (Å²) in [5.41, 5.74) is 3.34. The molecular weight excluding hydrogens is 488 g/mol. The molecule has 1 aromatic heterocycles. The normalized spacial score (nSPS) is 17.1. The van der Waals surface area contributed by atoms with E-state index >= 15 is 0 Å². The number of hydrogen-bond donors (Lipinski definition) is 1. The van der Waals surface area contributed by atoms with Crippen molar-refractivity contribution >= 4 is 11.6 Å². The summed E-state index contributed by atoms with van der Waals surface area (Å²) in [5.74, 6) is 1.97. The van der Waals surface area contributed by atoms with E-state index in [-0.39, 0.29) is 5.91 Å². The van der Waals surface area contributed by atoms with Gasteiger partial charge in [0.1, 0.15) is 0 Å². The van der Waals surface area contributed by atoms with Crippen LogP contribution in [0.4, 0.5) is 5.69 Å². The maximum absolute atomic E-state index is 13.1. The van der Waals surface area contributed by atoms with Gasteiger partial charge in [-0.25, -0.2) is 4.98 Å². The fourth-order valence-corrected chi connectivity index (χ4v) is 5.30. The third-order valence-corrected chi connectivity index (χ3v) is 7.41. The van der Waals surface area contributed by atoms with Gasteiger partial charge < -0.3 is 19.7 Å². The van der Waals surface area contributed by atoms with E-state index in [2.05, 4.69) is 44.4 Å². The zero-order valence-electron chi connectivity index (χ0n) is 22.8. The van der Waals surface area contributed by atoms with Crippen LogP contribution in [0.2, 0.25) is 0 Å². The van der Waals surface area contributed by atoms with Gasteiger partial charge in [-0.3, -0.25) is 9.69 Å². The Morgan fingerprint density at radius 1 is 0.846 bits per heavy atom. The van der Waals surface area contributed by atoms with Crippen molar-refractivity contribution in [1.82, 2.24) is 15.2 Å². The Morgan fingerprint density at radius 3 is 2.54 bits per heavy atom. The predicted octanol–water partition coefficient (Wildman–Crippen LogP) is 5.94. The Labute approximate surface area is 232 Å². The molecule has 0 unspecified atom stereocenters. The Hall–Kier alpha value is -3.58. The number of aromatic nitrogens is 1. The first-order chi connectivity index (χ1) is 19.2. The molecule has 1 saturated heterocycles. The van der Waals surface area contributed by atoms with Crippen molar-refractivity contribution in [1.29, 1.82) is 0 Å². The van der Waals surface area contributed by atoms with E-state index < -0.39 is 0 Å². The number of rotatable bonds is 5. The number of hydrogen-bond acceptors (Lipinski definition) is 6. The monoisotopic (exact) mass is 528 g/mol. The lowest BCUT2D eigenvalue weighted by molar-refractivity contribution is -0.122. The van der Waals surface area contributed by atoms with Crippen LogP contribution in [0.25, 0.3) is 0 Å². The second-order valence-electron chi connectivity index (χ2n) is 10.5. The fraction of sp³-hybridized carbons (Fsp3) is 0.438. The summed E-state index contributed by atoms with van der Waals surface area (Å²) in [6, 6.07) is 20.3. The van der Waals surface area contributed by atoms with Crippen LogP contribution in [-0.4, -0.2) is 48.6 Å². The summed E-state index contributed by atoms with van der Waals surface area (Å²) in [4.78, 5) is 22.3. The number of nitrogens with one attached hydrogen (secondary N) is 1. The van der Waals surface area contributed by atoms with Crippen molar-refractivity contribution in [3.8, 4) is 17.4 Å². The molecule has 7 heteroatoms. The topological polar surface area (TPSA) is 66.9 Å². The number of carbonyl (C=O) groups excluding carboxylic acids is 1. The molecule has 2 aliphatic rings. The second-order valence-corrected chi connectivity index (χ2v) is 10.5. The number of carbonyl (C=O) groups is 1. The summed E-state index contributed by atoms with van der Waals surface area (Å²) in [7, 11) is 0. The summed E-state index contributed by atoms with van der Waals surface area (Å²) >= 11 is 0. The largest absolute Gasteiger partial charge is 0.490 e. The molecule has 3 aromatic rings. The standard InChI is InChI=1S/C32H40N4O3/c37-31(34-23-26-12-10-14-28(22-26)36-19-7-3-8-20-36)25-35-18-6-1-2-9-21-38-29-15-4-5-16-30(29)39-32-27(24-35)13-11-17-33-32/h4-5,10-17,22H,1-3,6-9,18-21,23-25H2,(H,34,37). The summed E-state index contributed by atoms with van der Waals surface area (Å²) < 4.78 is 12.2. The van der Waals surface area contributed by atoms with Gasteiger partial charge in [-0.05, 0) is 74.5 Å². The Kier molecular flexibility index (Phi) is 9.69. The van der Waals surface area contributed by atoms with E-state index in [1.54, 1.807) is 6.20 Å². The molecule has 7 nitrogen and oxygen atoms in total. The number of amides is 1. The highest BCUT2D eigenvalue weighted by atomic mass is 16.5. The van der Waals surface area contributed by atoms with Crippen molar-refractivity contribution in [3.05, 3.63) is 78.0 Å². The van der Waals surface area contributed by atoms with Gasteiger partial charge in [0.05, 0.1) is 13.2 Å². The number of fused-ring (bicyclic) bond motifs is 2. The molecule has 206 valence electrons. The highest BCUT2D eigenvalue weighted by Crippen LogP contribution is 2.32. The molecule has 0 radical (unpaired) electrons. The Bertz CT molecular complexity index is 1210. The van der Waals surface area contributed by atoms with Crippen LogP contribution in [0.15, 0.2) is 66.9 Å². The summed E-state index contributed by atoms with van der Waals surface area (Å²) in [5, 5.41) is 3.16. The third kappa shape index (κ3) is 7.96. The van der Waals surface area contributed by atoms with Gasteiger partial charge in [-0.15, -0.1) is 0 Å². The van der Waals surface area contributed by atoms with E-state index in [0.29, 0.717) is 37.9 Å². The Balaban J connectivity index is 1.24. The minimum Gasteiger partial charge on any atom is -0.490 e. The minimum atomic E-state index is 0.0320. The van der Waals surface area contributed by atoms with E-state index in [1.165, 1.54) is 24.9 Å². The molecule has 0 spiro atoms. The molecule has 0 bridgehead atoms. The van der Waals surface area contributed by atoms with Gasteiger partial charge in [0.15, 0.2) is 11.5 Å². The molecular formula is C32H40N4O3. The van der Waals surface area contributed by atoms with Crippen LogP contribution in [0.5, 0.6) is 17.4 Å². The molecule has 5 rings (SSSR count). The number of piperidine rings is 1. The van der Waals surface area contributed by atoms with Crippen LogP contribution < -0.4 is 19.7 Å². The lowest BCUT2D eigenvalue weighted by Gasteiger charge is -2.29. The van der Waals surface area contributed by atoms with Gasteiger partial charge in [-0.2, -0.15) is 0 Å². The lowest BCUT2D eigenvalue weighted by Crippen LogP contribution is -2.37. The van der Waals surface area contributed by atoms with Crippen molar-refractivity contribution in [2.75, 3.05) is 37.7 Å². The third-order valence-electron chi connectivity index (χ3n) is 7.41. The first-order valence-corrected chi connectivity index (χ1v) is 14.4. The lowest BCUT2D eigenvalue weighted by atomic mass is 10.1. The highest BCUT2D eigenvalue weighted by Gasteiger charge is 2.17. The van der Waals surface area contributed by atoms with Crippen LogP contribution in [0.1, 0.15) is 56.1 Å². The average Bonchev–Trinajstić information content (AvgIpc) is 2.97. The molecule has 1 fully saturated rings. The van der Waals surface area contributed by atoms with Crippen molar-refractivity contribution < 1.29 is 14.3 Å². The van der Waals surface area contributed by atoms with E-state index in [9.17, 15) is 4.79 Å². The van der Waals surface area contributed by atoms with Crippen LogP contribution in [0, 0.1) is 0 Å². The first kappa shape index (κ1) is 27.0. The number of para-hydroxylation sites is 2. The number of ether oxygens (including phenoxy) is 2. The highest BCUT2D eigenvalue weighted by molar-refractivity contribution is 5.78. The van der Waals surface area contributed by atoms with Gasteiger partial charge in [0.25, 0.3) is 0 Å². The summed E-state index contributed by atoms with van der Waals surface area (Å²) in [6.45, 7) is 5.17. The maximum Gasteiger partial charge on any atom is 0.234 e. The van der Waals surface area contributed by atoms with E-state index in [1.807, 2.05) is 36.4 Å². The van der Waals surface area contributed by atoms with Crippen molar-refractivity contribution in [2.45, 2.75) is 58.0 Å². The molecule has 1 amide bonds. The SMILES string of the molecule is O=C(CN1CCCCCCOc2ccccc2Oc2ncccc2C1)NCc1cccc(N2CCCCC2)c1. The maximum atomic E-state index is 13.1. The van der Waals surface area contributed by atoms with E-state index in [4.69, 9.17) is 9.47 Å². The number of pyridine rings is 1. The number of benzene rings is 2. The van der Waals surface area contributed by atoms with Crippen LogP contribution >= 0.6 is 0 Å². The van der Waals surface area contributed by atoms with Gasteiger partial charge in [-0.1, -0.05) is 43.2 Å². The molecule has 0 saturated carbocycles. The number of nitrogens with zero attached hydrogens (tertiary/aromatic N) is 3. The van der Waals surface area contributed by atoms with Crippen molar-refractivity contribution in [2.24, 2.45) is 0 Å². The van der Waals surface area contributed by atoms with Crippen LogP contribution in [0.3, 0.4) is 0 Å². The zero-order chi connectivity index (χ0) is 26.7. The fourth-order valence-electron chi connectivity index (χ4n) is 5.30. The predicted molar refractivity (Wildman–Crippen MR) is 154 cm³/mol. The molecule has 39 heavy (non-hydrogen) atoms. The second kappa shape index (κ2) is 14.0. The molecule has 0 aliphatic carbocycles. The van der Waals surface area contributed by atoms with Gasteiger partial charge in [0.2, 0.25) is 11.8 Å². The average molecular weight is 529 g/mol. The first-order valence-electron chi connectivity index (χ1n) is 14.4. The van der Waals surface area contributed by atoms with Gasteiger partial charge >= 0.3 is 0 Å². The summed E-state index contributed by atoms with van der Waals surface area (Å²) in [6.07, 6.45) is 9.76. The van der Waals surface area contributed by atoms with Crippen LogP contribution in [-0.2, 0) is 17.9 Å². The zero-order valence-corrected chi connectivity index (χ0v) is 22.8. The minimum absolute atomic E-state index is 0.0320. The van der Waals surface area contributed by atoms with Gasteiger partial charge in [0, 0.05) is 43.6 Å². The molecule has 3 heterocycles. The molecule has 1 N–H and O–H groups in total. The molecule has 2 aromatic carbocycles. The molecule has 0 atom stereocenters. The number of anilines is 1. The smallest absolute Gasteiger partial charge is 0.234 e. The van der Waals surface area contributed by atoms with Crippen molar-refractivity contribution in [3.63, 3.8) is 0 Å². The quantitative estimate of drug-likeness (QED) is 0.442. The molecule has 2 aliphatic heterocycles. The Morgan fingerprint density at radius 2 is 1.64 bits per heavy atom. The van der Waals surface area contributed by atoms with E-state index in [0.717, 1.165) is 62.2 Å².